The second-order valence-electron chi connectivity index (χ2n) is 6.14. The monoisotopic (exact) mass is 379 g/mol. The fourth-order valence-electron chi connectivity index (χ4n) is 2.53. The van der Waals surface area contributed by atoms with Crippen LogP contribution in [0.5, 0.6) is 11.8 Å². The summed E-state index contributed by atoms with van der Waals surface area (Å²) in [5.41, 5.74) is 4.16. The molecule has 27 heavy (non-hydrogen) atoms. The Hall–Kier alpha value is -2.86. The molecular weight excluding hydrogens is 358 g/mol. The molecule has 5 nitrogen and oxygen atoms in total. The van der Waals surface area contributed by atoms with Crippen LogP contribution < -0.4 is 10.1 Å². The number of amides is 1. The maximum atomic E-state index is 12.2. The van der Waals surface area contributed by atoms with Crippen LogP contribution >= 0.6 is 11.8 Å². The second kappa shape index (κ2) is 9.19. The molecule has 0 saturated heterocycles. The lowest BCUT2D eigenvalue weighted by atomic mass is 10.2. The highest BCUT2D eigenvalue weighted by Crippen LogP contribution is 2.24. The third-order valence-corrected chi connectivity index (χ3v) is 4.81. The van der Waals surface area contributed by atoms with E-state index in [0.717, 1.165) is 17.0 Å². The smallest absolute Gasteiger partial charge is 0.321 e. The standard InChI is InChI=1S/C21H21N3O2S/c1-15-5-3-6-17(11-15)13-27-14-20(25)24-19-8-7-18(12-16(19)2)26-21-22-9-4-10-23-21/h3-12H,13-14H2,1-2H3,(H,24,25). The number of rotatable bonds is 7. The highest BCUT2D eigenvalue weighted by molar-refractivity contribution is 7.99. The number of aryl methyl sites for hydroxylation is 2. The topological polar surface area (TPSA) is 64.1 Å². The molecule has 0 atom stereocenters. The van der Waals surface area contributed by atoms with Gasteiger partial charge in [0.2, 0.25) is 5.91 Å². The zero-order valence-electron chi connectivity index (χ0n) is 15.3. The van der Waals surface area contributed by atoms with Crippen molar-refractivity contribution in [1.29, 1.82) is 0 Å². The van der Waals surface area contributed by atoms with E-state index in [0.29, 0.717) is 17.5 Å². The van der Waals surface area contributed by atoms with E-state index in [1.165, 1.54) is 11.1 Å². The van der Waals surface area contributed by atoms with Crippen LogP contribution in [-0.2, 0) is 10.5 Å². The molecule has 3 aromatic rings. The van der Waals surface area contributed by atoms with Crippen molar-refractivity contribution in [2.75, 3.05) is 11.1 Å². The molecule has 2 aromatic carbocycles. The van der Waals surface area contributed by atoms with Crippen LogP contribution in [0, 0.1) is 13.8 Å². The molecule has 0 fully saturated rings. The normalized spacial score (nSPS) is 10.4. The van der Waals surface area contributed by atoms with Gasteiger partial charge in [0.1, 0.15) is 5.75 Å². The molecule has 0 aliphatic carbocycles. The summed E-state index contributed by atoms with van der Waals surface area (Å²) in [4.78, 5) is 20.3. The van der Waals surface area contributed by atoms with Gasteiger partial charge in [-0.2, -0.15) is 0 Å². The van der Waals surface area contributed by atoms with Crippen molar-refractivity contribution < 1.29 is 9.53 Å². The number of thioether (sulfide) groups is 1. The molecule has 0 bridgehead atoms. The number of ether oxygens (including phenoxy) is 1. The Balaban J connectivity index is 1.51. The Morgan fingerprint density at radius 2 is 1.89 bits per heavy atom. The third kappa shape index (κ3) is 5.82. The summed E-state index contributed by atoms with van der Waals surface area (Å²) in [6.07, 6.45) is 3.25. The Bertz CT molecular complexity index is 916. The van der Waals surface area contributed by atoms with Crippen molar-refractivity contribution in [3.63, 3.8) is 0 Å². The fraction of sp³-hybridized carbons (Fsp3) is 0.190. The van der Waals surface area contributed by atoms with E-state index >= 15 is 0 Å². The summed E-state index contributed by atoms with van der Waals surface area (Å²) in [7, 11) is 0. The summed E-state index contributed by atoms with van der Waals surface area (Å²) in [6.45, 7) is 4.00. The first-order valence-corrected chi connectivity index (χ1v) is 9.74. The molecule has 138 valence electrons. The molecule has 3 rings (SSSR count). The third-order valence-electron chi connectivity index (χ3n) is 3.81. The Morgan fingerprint density at radius 3 is 2.63 bits per heavy atom. The Morgan fingerprint density at radius 1 is 1.07 bits per heavy atom. The van der Waals surface area contributed by atoms with Gasteiger partial charge >= 0.3 is 6.01 Å². The van der Waals surface area contributed by atoms with E-state index in [4.69, 9.17) is 4.74 Å². The zero-order valence-corrected chi connectivity index (χ0v) is 16.1. The molecule has 1 N–H and O–H groups in total. The summed E-state index contributed by atoms with van der Waals surface area (Å²) in [6, 6.07) is 15.8. The highest BCUT2D eigenvalue weighted by atomic mass is 32.2. The van der Waals surface area contributed by atoms with E-state index in [1.54, 1.807) is 36.3 Å². The molecule has 0 aliphatic heterocycles. The van der Waals surface area contributed by atoms with Crippen LogP contribution in [0.25, 0.3) is 0 Å². The Labute approximate surface area is 163 Å². The first kappa shape index (κ1) is 18.9. The van der Waals surface area contributed by atoms with Gasteiger partial charge in [0.15, 0.2) is 0 Å². The van der Waals surface area contributed by atoms with Gasteiger partial charge in [0.25, 0.3) is 0 Å². The number of aromatic nitrogens is 2. The predicted molar refractivity (Wildman–Crippen MR) is 109 cm³/mol. The minimum absolute atomic E-state index is 0.0178. The molecule has 0 saturated carbocycles. The maximum Gasteiger partial charge on any atom is 0.321 e. The summed E-state index contributed by atoms with van der Waals surface area (Å²) in [5.74, 6) is 1.84. The number of hydrogen-bond donors (Lipinski definition) is 1. The quantitative estimate of drug-likeness (QED) is 0.641. The van der Waals surface area contributed by atoms with Crippen molar-refractivity contribution in [3.05, 3.63) is 77.6 Å². The highest BCUT2D eigenvalue weighted by Gasteiger charge is 2.08. The number of anilines is 1. The van der Waals surface area contributed by atoms with Gasteiger partial charge in [-0.1, -0.05) is 29.8 Å². The molecular formula is C21H21N3O2S. The van der Waals surface area contributed by atoms with Crippen molar-refractivity contribution in [1.82, 2.24) is 9.97 Å². The van der Waals surface area contributed by atoms with E-state index in [2.05, 4.69) is 40.4 Å². The summed E-state index contributed by atoms with van der Waals surface area (Å²) < 4.78 is 5.60. The molecule has 0 radical (unpaired) electrons. The first-order valence-electron chi connectivity index (χ1n) is 8.59. The Kier molecular flexibility index (Phi) is 6.44. The lowest BCUT2D eigenvalue weighted by Gasteiger charge is -2.10. The van der Waals surface area contributed by atoms with E-state index in [9.17, 15) is 4.79 Å². The van der Waals surface area contributed by atoms with Gasteiger partial charge in [-0.3, -0.25) is 4.79 Å². The van der Waals surface area contributed by atoms with Crippen LogP contribution in [0.15, 0.2) is 60.9 Å². The molecule has 0 aliphatic rings. The molecule has 0 unspecified atom stereocenters. The molecule has 6 heteroatoms. The minimum Gasteiger partial charge on any atom is -0.424 e. The molecule has 1 heterocycles. The van der Waals surface area contributed by atoms with Crippen molar-refractivity contribution in [2.45, 2.75) is 19.6 Å². The number of carbonyl (C=O) groups excluding carboxylic acids is 1. The molecule has 0 spiro atoms. The zero-order chi connectivity index (χ0) is 19.1. The largest absolute Gasteiger partial charge is 0.424 e. The summed E-state index contributed by atoms with van der Waals surface area (Å²) >= 11 is 1.60. The van der Waals surface area contributed by atoms with Gasteiger partial charge < -0.3 is 10.1 Å². The number of benzene rings is 2. The van der Waals surface area contributed by atoms with Gasteiger partial charge in [-0.15, -0.1) is 11.8 Å². The lowest BCUT2D eigenvalue weighted by Crippen LogP contribution is -2.15. The average molecular weight is 379 g/mol. The minimum atomic E-state index is -0.0178. The first-order chi connectivity index (χ1) is 13.1. The van der Waals surface area contributed by atoms with Crippen LogP contribution in [0.2, 0.25) is 0 Å². The van der Waals surface area contributed by atoms with E-state index in [-0.39, 0.29) is 5.91 Å². The second-order valence-corrected chi connectivity index (χ2v) is 7.13. The molecule has 1 aromatic heterocycles. The van der Waals surface area contributed by atoms with Crippen LogP contribution in [-0.4, -0.2) is 21.6 Å². The van der Waals surface area contributed by atoms with Crippen molar-refractivity contribution in [3.8, 4) is 11.8 Å². The lowest BCUT2D eigenvalue weighted by molar-refractivity contribution is -0.113. The number of nitrogens with one attached hydrogen (secondary N) is 1. The SMILES string of the molecule is Cc1cccc(CSCC(=O)Nc2ccc(Oc3ncccn3)cc2C)c1. The van der Waals surface area contributed by atoms with Gasteiger partial charge in [-0.05, 0) is 49.2 Å². The summed E-state index contributed by atoms with van der Waals surface area (Å²) in [5, 5.41) is 2.95. The number of hydrogen-bond acceptors (Lipinski definition) is 5. The van der Waals surface area contributed by atoms with Crippen LogP contribution in [0.1, 0.15) is 16.7 Å². The van der Waals surface area contributed by atoms with Gasteiger partial charge in [-0.25, -0.2) is 9.97 Å². The number of nitrogens with zero attached hydrogens (tertiary/aromatic N) is 2. The van der Waals surface area contributed by atoms with Gasteiger partial charge in [0.05, 0.1) is 5.75 Å². The van der Waals surface area contributed by atoms with Crippen molar-refractivity contribution in [2.24, 2.45) is 0 Å². The van der Waals surface area contributed by atoms with E-state index in [1.807, 2.05) is 25.1 Å². The van der Waals surface area contributed by atoms with Gasteiger partial charge in [0, 0.05) is 23.8 Å². The average Bonchev–Trinajstić information content (AvgIpc) is 2.65. The molecule has 1 amide bonds. The predicted octanol–water partition coefficient (Wildman–Crippen LogP) is 4.76. The van der Waals surface area contributed by atoms with Crippen molar-refractivity contribution >= 4 is 23.4 Å². The van der Waals surface area contributed by atoms with E-state index < -0.39 is 0 Å². The fourth-order valence-corrected chi connectivity index (χ4v) is 3.31. The number of carbonyl (C=O) groups is 1. The van der Waals surface area contributed by atoms with Crippen LogP contribution in [0.4, 0.5) is 5.69 Å². The van der Waals surface area contributed by atoms with Crippen LogP contribution in [0.3, 0.4) is 0 Å². The maximum absolute atomic E-state index is 12.2.